The average molecular weight is 452 g/mol. The first kappa shape index (κ1) is 20.5. The molecule has 5 aromatic rings. The largest absolute Gasteiger partial charge is 0.361 e. The van der Waals surface area contributed by atoms with Crippen molar-refractivity contribution in [2.24, 2.45) is 0 Å². The van der Waals surface area contributed by atoms with Gasteiger partial charge < -0.3 is 9.88 Å². The van der Waals surface area contributed by atoms with E-state index in [0.29, 0.717) is 37.1 Å². The van der Waals surface area contributed by atoms with E-state index in [1.54, 1.807) is 4.90 Å². The molecule has 7 nitrogen and oxygen atoms in total. The van der Waals surface area contributed by atoms with Crippen molar-refractivity contribution >= 4 is 22.5 Å². The van der Waals surface area contributed by atoms with Crippen molar-refractivity contribution < 1.29 is 4.79 Å². The molecule has 0 spiro atoms. The van der Waals surface area contributed by atoms with Gasteiger partial charge in [-0.25, -0.2) is 9.50 Å². The SMILES string of the molecule is O=C(CCCc1c[nH]c2ccccc12)N1CCc2nc3cc(-c4ccccc4)[nH]n3c(=O)c2C1. The van der Waals surface area contributed by atoms with Crippen LogP contribution >= 0.6 is 0 Å². The maximum atomic E-state index is 13.2. The fraction of sp³-hybridized carbons (Fsp3) is 0.222. The smallest absolute Gasteiger partial charge is 0.277 e. The van der Waals surface area contributed by atoms with Crippen LogP contribution in [0.2, 0.25) is 0 Å². The number of para-hydroxylation sites is 1. The lowest BCUT2D eigenvalue weighted by Crippen LogP contribution is -2.40. The predicted octanol–water partition coefficient (Wildman–Crippen LogP) is 4.08. The second kappa shape index (κ2) is 8.33. The molecule has 34 heavy (non-hydrogen) atoms. The van der Waals surface area contributed by atoms with E-state index >= 15 is 0 Å². The lowest BCUT2D eigenvalue weighted by Gasteiger charge is -2.27. The number of fused-ring (bicyclic) bond motifs is 3. The van der Waals surface area contributed by atoms with E-state index in [4.69, 9.17) is 4.98 Å². The van der Waals surface area contributed by atoms with E-state index in [1.165, 1.54) is 15.5 Å². The number of aromatic nitrogens is 4. The predicted molar refractivity (Wildman–Crippen MR) is 132 cm³/mol. The molecular formula is C27H25N5O2. The highest BCUT2D eigenvalue weighted by Gasteiger charge is 2.25. The van der Waals surface area contributed by atoms with Gasteiger partial charge in [0.05, 0.1) is 23.5 Å². The monoisotopic (exact) mass is 451 g/mol. The summed E-state index contributed by atoms with van der Waals surface area (Å²) in [6.07, 6.45) is 4.71. The summed E-state index contributed by atoms with van der Waals surface area (Å²) in [6, 6.07) is 20.0. The number of nitrogens with one attached hydrogen (secondary N) is 2. The van der Waals surface area contributed by atoms with E-state index in [2.05, 4.69) is 22.2 Å². The van der Waals surface area contributed by atoms with Gasteiger partial charge in [-0.1, -0.05) is 48.5 Å². The molecule has 2 N–H and O–H groups in total. The Labute approximate surface area is 196 Å². The number of rotatable bonds is 5. The van der Waals surface area contributed by atoms with Gasteiger partial charge in [-0.15, -0.1) is 0 Å². The fourth-order valence-electron chi connectivity index (χ4n) is 4.89. The average Bonchev–Trinajstić information content (AvgIpc) is 3.49. The van der Waals surface area contributed by atoms with Crippen LogP contribution in [-0.4, -0.2) is 36.9 Å². The summed E-state index contributed by atoms with van der Waals surface area (Å²) >= 11 is 0. The molecular weight excluding hydrogens is 426 g/mol. The van der Waals surface area contributed by atoms with Crippen molar-refractivity contribution in [2.45, 2.75) is 32.2 Å². The Hall–Kier alpha value is -4.13. The van der Waals surface area contributed by atoms with Crippen molar-refractivity contribution in [3.8, 4) is 11.3 Å². The number of hydrogen-bond donors (Lipinski definition) is 2. The van der Waals surface area contributed by atoms with Gasteiger partial charge in [0.25, 0.3) is 5.56 Å². The van der Waals surface area contributed by atoms with Gasteiger partial charge in [0, 0.05) is 42.6 Å². The van der Waals surface area contributed by atoms with Crippen LogP contribution in [0, 0.1) is 0 Å². The molecule has 7 heteroatoms. The summed E-state index contributed by atoms with van der Waals surface area (Å²) in [6.45, 7) is 0.910. The van der Waals surface area contributed by atoms with Gasteiger partial charge in [0.1, 0.15) is 0 Å². The normalized spacial score (nSPS) is 13.5. The zero-order chi connectivity index (χ0) is 23.1. The number of benzene rings is 2. The highest BCUT2D eigenvalue weighted by atomic mass is 16.2. The number of nitrogens with zero attached hydrogens (tertiary/aromatic N) is 3. The van der Waals surface area contributed by atoms with Crippen molar-refractivity contribution in [1.29, 1.82) is 0 Å². The molecule has 4 heterocycles. The number of H-pyrrole nitrogens is 2. The molecule has 1 amide bonds. The highest BCUT2D eigenvalue weighted by molar-refractivity contribution is 5.83. The molecule has 3 aromatic heterocycles. The quantitative estimate of drug-likeness (QED) is 0.422. The van der Waals surface area contributed by atoms with Crippen LogP contribution in [0.4, 0.5) is 0 Å². The minimum Gasteiger partial charge on any atom is -0.361 e. The molecule has 0 aliphatic carbocycles. The lowest BCUT2D eigenvalue weighted by molar-refractivity contribution is -0.132. The van der Waals surface area contributed by atoms with Gasteiger partial charge in [0.15, 0.2) is 5.65 Å². The summed E-state index contributed by atoms with van der Waals surface area (Å²) in [5.74, 6) is 0.0893. The summed E-state index contributed by atoms with van der Waals surface area (Å²) in [7, 11) is 0. The summed E-state index contributed by atoms with van der Waals surface area (Å²) in [5, 5.41) is 4.39. The van der Waals surface area contributed by atoms with Crippen LogP contribution in [0.1, 0.15) is 29.7 Å². The molecule has 0 fully saturated rings. The number of carbonyl (C=O) groups excluding carboxylic acids is 1. The van der Waals surface area contributed by atoms with E-state index in [9.17, 15) is 9.59 Å². The molecule has 0 unspecified atom stereocenters. The van der Waals surface area contributed by atoms with Gasteiger partial charge in [-0.2, -0.15) is 0 Å². The summed E-state index contributed by atoms with van der Waals surface area (Å²) in [4.78, 5) is 36.0. The van der Waals surface area contributed by atoms with Crippen LogP contribution in [0.25, 0.3) is 27.8 Å². The Balaban J connectivity index is 1.17. The standard InChI is InChI=1S/C27H25N5O2/c33-26(12-6-9-19-16-28-22-11-5-4-10-20(19)22)31-14-13-23-21(17-31)27(34)32-25(29-23)15-24(30-32)18-7-2-1-3-8-18/h1-5,7-8,10-11,15-16,28,30H,6,9,12-14,17H2. The number of aryl methyl sites for hydroxylation is 1. The first-order valence-corrected chi connectivity index (χ1v) is 11.7. The zero-order valence-electron chi connectivity index (χ0n) is 18.8. The van der Waals surface area contributed by atoms with Gasteiger partial charge >= 0.3 is 0 Å². The minimum absolute atomic E-state index is 0.0893. The Bertz CT molecular complexity index is 1560. The Morgan fingerprint density at radius 2 is 1.88 bits per heavy atom. The second-order valence-electron chi connectivity index (χ2n) is 8.85. The molecule has 0 radical (unpaired) electrons. The molecule has 1 aliphatic rings. The maximum absolute atomic E-state index is 13.2. The molecule has 6 rings (SSSR count). The van der Waals surface area contributed by atoms with Gasteiger partial charge in [-0.3, -0.25) is 14.7 Å². The Morgan fingerprint density at radius 3 is 2.76 bits per heavy atom. The van der Waals surface area contributed by atoms with Crippen molar-refractivity contribution in [3.63, 3.8) is 0 Å². The van der Waals surface area contributed by atoms with Crippen LogP contribution < -0.4 is 5.56 Å². The fourth-order valence-corrected chi connectivity index (χ4v) is 4.89. The van der Waals surface area contributed by atoms with Crippen LogP contribution in [0.3, 0.4) is 0 Å². The molecule has 170 valence electrons. The molecule has 1 aliphatic heterocycles. The topological polar surface area (TPSA) is 86.3 Å². The Morgan fingerprint density at radius 1 is 1.06 bits per heavy atom. The Kier molecular flexibility index (Phi) is 5.02. The zero-order valence-corrected chi connectivity index (χ0v) is 18.8. The van der Waals surface area contributed by atoms with Crippen molar-refractivity contribution in [2.75, 3.05) is 6.54 Å². The van der Waals surface area contributed by atoms with Crippen LogP contribution in [-0.2, 0) is 24.2 Å². The van der Waals surface area contributed by atoms with Crippen LogP contribution in [0.15, 0.2) is 71.7 Å². The van der Waals surface area contributed by atoms with Gasteiger partial charge in [-0.05, 0) is 30.0 Å². The van der Waals surface area contributed by atoms with E-state index in [0.717, 1.165) is 35.3 Å². The molecule has 2 aromatic carbocycles. The van der Waals surface area contributed by atoms with Gasteiger partial charge in [0.2, 0.25) is 5.91 Å². The summed E-state index contributed by atoms with van der Waals surface area (Å²) in [5.41, 5.74) is 6.09. The number of carbonyl (C=O) groups is 1. The molecule has 0 saturated heterocycles. The first-order chi connectivity index (χ1) is 16.7. The third-order valence-corrected chi connectivity index (χ3v) is 6.71. The number of hydrogen-bond acceptors (Lipinski definition) is 3. The lowest BCUT2D eigenvalue weighted by atomic mass is 10.0. The summed E-state index contributed by atoms with van der Waals surface area (Å²) < 4.78 is 1.49. The van der Waals surface area contributed by atoms with Crippen molar-refractivity contribution in [3.05, 3.63) is 94.0 Å². The minimum atomic E-state index is -0.126. The maximum Gasteiger partial charge on any atom is 0.277 e. The molecule has 0 atom stereocenters. The van der Waals surface area contributed by atoms with E-state index in [-0.39, 0.29) is 11.5 Å². The number of amides is 1. The third-order valence-electron chi connectivity index (χ3n) is 6.71. The third kappa shape index (κ3) is 3.59. The molecule has 0 saturated carbocycles. The van der Waals surface area contributed by atoms with E-state index < -0.39 is 0 Å². The van der Waals surface area contributed by atoms with Crippen molar-refractivity contribution in [1.82, 2.24) is 24.5 Å². The second-order valence-corrected chi connectivity index (χ2v) is 8.85. The van der Waals surface area contributed by atoms with E-state index in [1.807, 2.05) is 54.7 Å². The molecule has 0 bridgehead atoms. The number of aromatic amines is 2. The first-order valence-electron chi connectivity index (χ1n) is 11.7. The van der Waals surface area contributed by atoms with Crippen LogP contribution in [0.5, 0.6) is 0 Å². The highest BCUT2D eigenvalue weighted by Crippen LogP contribution is 2.22.